The maximum atomic E-state index is 12.6. The van der Waals surface area contributed by atoms with Crippen molar-refractivity contribution in [1.29, 1.82) is 0 Å². The lowest BCUT2D eigenvalue weighted by Crippen LogP contribution is -2.49. The molecule has 2 aliphatic heterocycles. The number of hydrogen-bond acceptors (Lipinski definition) is 3. The first-order chi connectivity index (χ1) is 9.15. The fraction of sp³-hybridized carbons (Fsp3) is 0.933. The summed E-state index contributed by atoms with van der Waals surface area (Å²) < 4.78 is 5.42. The Bertz CT molecular complexity index is 301. The van der Waals surface area contributed by atoms with Crippen molar-refractivity contribution in [2.24, 2.45) is 5.92 Å². The van der Waals surface area contributed by atoms with E-state index in [2.05, 4.69) is 31.0 Å². The second kappa shape index (κ2) is 6.71. The van der Waals surface area contributed by atoms with Gasteiger partial charge in [0.15, 0.2) is 0 Å². The first kappa shape index (κ1) is 14.8. The molecule has 2 saturated heterocycles. The van der Waals surface area contributed by atoms with Crippen molar-refractivity contribution in [3.8, 4) is 0 Å². The molecule has 2 aliphatic rings. The minimum Gasteiger partial charge on any atom is -0.381 e. The highest BCUT2D eigenvalue weighted by Crippen LogP contribution is 2.27. The van der Waals surface area contributed by atoms with Crippen molar-refractivity contribution in [2.75, 3.05) is 13.2 Å². The van der Waals surface area contributed by atoms with Crippen LogP contribution in [0.1, 0.15) is 52.9 Å². The minimum absolute atomic E-state index is 0.0372. The average Bonchev–Trinajstić information content (AvgIpc) is 2.75. The summed E-state index contributed by atoms with van der Waals surface area (Å²) in [6.07, 6.45) is 5.41. The van der Waals surface area contributed by atoms with E-state index in [4.69, 9.17) is 4.74 Å². The van der Waals surface area contributed by atoms with Crippen LogP contribution in [0.15, 0.2) is 0 Å². The van der Waals surface area contributed by atoms with Gasteiger partial charge in [0.1, 0.15) is 0 Å². The predicted octanol–water partition coefficient (Wildman–Crippen LogP) is 2.14. The van der Waals surface area contributed by atoms with E-state index in [0.29, 0.717) is 17.9 Å². The van der Waals surface area contributed by atoms with Crippen LogP contribution in [0.25, 0.3) is 0 Å². The van der Waals surface area contributed by atoms with Gasteiger partial charge in [-0.25, -0.2) is 0 Å². The van der Waals surface area contributed by atoms with Crippen LogP contribution in [-0.2, 0) is 9.53 Å². The molecular formula is C15H28N2O2. The molecule has 0 saturated carbocycles. The van der Waals surface area contributed by atoms with Gasteiger partial charge >= 0.3 is 0 Å². The summed E-state index contributed by atoms with van der Waals surface area (Å²) in [4.78, 5) is 14.8. The van der Waals surface area contributed by atoms with E-state index in [0.717, 1.165) is 45.3 Å². The first-order valence-corrected chi connectivity index (χ1v) is 7.81. The molecule has 0 aliphatic carbocycles. The average molecular weight is 268 g/mol. The molecule has 2 fully saturated rings. The summed E-state index contributed by atoms with van der Waals surface area (Å²) in [5.74, 6) is 0.775. The Balaban J connectivity index is 2.06. The second-order valence-electron chi connectivity index (χ2n) is 6.14. The topological polar surface area (TPSA) is 41.6 Å². The van der Waals surface area contributed by atoms with Crippen molar-refractivity contribution in [3.63, 3.8) is 0 Å². The van der Waals surface area contributed by atoms with Gasteiger partial charge in [0.05, 0.1) is 12.2 Å². The summed E-state index contributed by atoms with van der Waals surface area (Å²) in [6, 6.07) is 0.406. The molecule has 2 atom stereocenters. The largest absolute Gasteiger partial charge is 0.381 e. The van der Waals surface area contributed by atoms with E-state index >= 15 is 0 Å². The fourth-order valence-electron chi connectivity index (χ4n) is 3.17. The Kier molecular flexibility index (Phi) is 5.22. The van der Waals surface area contributed by atoms with Crippen LogP contribution in [0.5, 0.6) is 0 Å². The minimum atomic E-state index is 0.0372. The van der Waals surface area contributed by atoms with Crippen LogP contribution >= 0.6 is 0 Å². The molecule has 0 radical (unpaired) electrons. The van der Waals surface area contributed by atoms with Gasteiger partial charge in [-0.05, 0) is 25.2 Å². The van der Waals surface area contributed by atoms with Crippen LogP contribution in [0.3, 0.4) is 0 Å². The zero-order valence-electron chi connectivity index (χ0n) is 12.5. The Labute approximate surface area is 116 Å². The third-order valence-corrected chi connectivity index (χ3v) is 4.29. The van der Waals surface area contributed by atoms with Crippen molar-refractivity contribution in [3.05, 3.63) is 0 Å². The number of carbonyl (C=O) groups excluding carboxylic acids is 1. The maximum absolute atomic E-state index is 12.6. The van der Waals surface area contributed by atoms with E-state index in [9.17, 15) is 4.79 Å². The maximum Gasteiger partial charge on any atom is 0.241 e. The standard InChI is InChI=1S/C15H28N2O2/c1-4-5-6-13-15(18)17(14(16-13)11(2)3)12-7-9-19-10-8-12/h11-14,16H,4-10H2,1-3H3. The van der Waals surface area contributed by atoms with Crippen LogP contribution < -0.4 is 5.32 Å². The highest BCUT2D eigenvalue weighted by Gasteiger charge is 2.43. The fourth-order valence-corrected chi connectivity index (χ4v) is 3.17. The Hall–Kier alpha value is -0.610. The van der Waals surface area contributed by atoms with Crippen molar-refractivity contribution in [2.45, 2.75) is 71.1 Å². The summed E-state index contributed by atoms with van der Waals surface area (Å²) in [5.41, 5.74) is 0. The van der Waals surface area contributed by atoms with Gasteiger partial charge in [0.2, 0.25) is 5.91 Å². The van der Waals surface area contributed by atoms with E-state index in [1.54, 1.807) is 0 Å². The van der Waals surface area contributed by atoms with Gasteiger partial charge in [-0.2, -0.15) is 0 Å². The predicted molar refractivity (Wildman–Crippen MR) is 75.8 cm³/mol. The number of rotatable bonds is 5. The molecule has 2 heterocycles. The van der Waals surface area contributed by atoms with E-state index < -0.39 is 0 Å². The molecular weight excluding hydrogens is 240 g/mol. The summed E-state index contributed by atoms with van der Waals surface area (Å²) in [6.45, 7) is 8.15. The van der Waals surface area contributed by atoms with Gasteiger partial charge in [-0.1, -0.05) is 33.6 Å². The van der Waals surface area contributed by atoms with Gasteiger partial charge in [-0.3, -0.25) is 10.1 Å². The summed E-state index contributed by atoms with van der Waals surface area (Å²) in [5, 5.41) is 3.56. The number of nitrogens with one attached hydrogen (secondary N) is 1. The molecule has 0 spiro atoms. The second-order valence-corrected chi connectivity index (χ2v) is 6.14. The molecule has 2 unspecified atom stereocenters. The molecule has 0 bridgehead atoms. The molecule has 4 nitrogen and oxygen atoms in total. The first-order valence-electron chi connectivity index (χ1n) is 7.81. The van der Waals surface area contributed by atoms with E-state index in [-0.39, 0.29) is 12.2 Å². The molecule has 1 amide bonds. The van der Waals surface area contributed by atoms with Gasteiger partial charge in [0, 0.05) is 19.3 Å². The van der Waals surface area contributed by atoms with Crippen LogP contribution in [-0.4, -0.2) is 42.3 Å². The summed E-state index contributed by atoms with van der Waals surface area (Å²) in [7, 11) is 0. The highest BCUT2D eigenvalue weighted by molar-refractivity contribution is 5.84. The van der Waals surface area contributed by atoms with Crippen molar-refractivity contribution < 1.29 is 9.53 Å². The number of unbranched alkanes of at least 4 members (excludes halogenated alkanes) is 1. The Morgan fingerprint density at radius 1 is 1.37 bits per heavy atom. The number of nitrogens with zero attached hydrogens (tertiary/aromatic N) is 1. The molecule has 110 valence electrons. The lowest BCUT2D eigenvalue weighted by Gasteiger charge is -2.36. The molecule has 0 aromatic heterocycles. The number of hydrogen-bond donors (Lipinski definition) is 1. The monoisotopic (exact) mass is 268 g/mol. The van der Waals surface area contributed by atoms with Crippen molar-refractivity contribution in [1.82, 2.24) is 10.2 Å². The van der Waals surface area contributed by atoms with Crippen LogP contribution in [0, 0.1) is 5.92 Å². The smallest absolute Gasteiger partial charge is 0.241 e. The Morgan fingerprint density at radius 3 is 2.63 bits per heavy atom. The van der Waals surface area contributed by atoms with Gasteiger partial charge in [-0.15, -0.1) is 0 Å². The molecule has 0 aromatic rings. The lowest BCUT2D eigenvalue weighted by atomic mass is 10.0. The zero-order chi connectivity index (χ0) is 13.8. The number of carbonyl (C=O) groups is 1. The SMILES string of the molecule is CCCCC1NC(C(C)C)N(C2CCOCC2)C1=O. The quantitative estimate of drug-likeness (QED) is 0.830. The van der Waals surface area contributed by atoms with Crippen LogP contribution in [0.2, 0.25) is 0 Å². The molecule has 4 heteroatoms. The molecule has 1 N–H and O–H groups in total. The van der Waals surface area contributed by atoms with Crippen molar-refractivity contribution >= 4 is 5.91 Å². The normalized spacial score (nSPS) is 29.5. The summed E-state index contributed by atoms with van der Waals surface area (Å²) >= 11 is 0. The highest BCUT2D eigenvalue weighted by atomic mass is 16.5. The molecule has 0 aromatic carbocycles. The number of ether oxygens (including phenoxy) is 1. The van der Waals surface area contributed by atoms with E-state index in [1.807, 2.05) is 0 Å². The van der Waals surface area contributed by atoms with E-state index in [1.165, 1.54) is 0 Å². The number of amides is 1. The Morgan fingerprint density at radius 2 is 2.05 bits per heavy atom. The van der Waals surface area contributed by atoms with Crippen LogP contribution in [0.4, 0.5) is 0 Å². The van der Waals surface area contributed by atoms with Gasteiger partial charge < -0.3 is 9.64 Å². The third-order valence-electron chi connectivity index (χ3n) is 4.29. The molecule has 19 heavy (non-hydrogen) atoms. The lowest BCUT2D eigenvalue weighted by molar-refractivity contribution is -0.135. The molecule has 2 rings (SSSR count). The van der Waals surface area contributed by atoms with Gasteiger partial charge in [0.25, 0.3) is 0 Å². The zero-order valence-corrected chi connectivity index (χ0v) is 12.5. The third kappa shape index (κ3) is 3.29.